The van der Waals surface area contributed by atoms with Crippen molar-refractivity contribution in [1.82, 2.24) is 20.1 Å². The number of rotatable bonds is 3. The number of hydrogen-bond acceptors (Lipinski definition) is 5. The van der Waals surface area contributed by atoms with Crippen LogP contribution in [-0.2, 0) is 4.79 Å². The first-order chi connectivity index (χ1) is 13.7. The van der Waals surface area contributed by atoms with Crippen molar-refractivity contribution in [2.45, 2.75) is 13.3 Å². The molecule has 142 valence electrons. The van der Waals surface area contributed by atoms with Crippen molar-refractivity contribution >= 4 is 11.9 Å². The van der Waals surface area contributed by atoms with Gasteiger partial charge in [0, 0.05) is 44.2 Å². The lowest BCUT2D eigenvalue weighted by Crippen LogP contribution is -2.34. The number of anilines is 1. The Labute approximate surface area is 164 Å². The van der Waals surface area contributed by atoms with Gasteiger partial charge in [0.15, 0.2) is 0 Å². The van der Waals surface area contributed by atoms with Crippen LogP contribution in [0.1, 0.15) is 13.3 Å². The van der Waals surface area contributed by atoms with E-state index in [9.17, 15) is 4.79 Å². The van der Waals surface area contributed by atoms with Crippen molar-refractivity contribution in [3.8, 4) is 22.5 Å². The van der Waals surface area contributed by atoms with Gasteiger partial charge in [-0.2, -0.15) is 0 Å². The van der Waals surface area contributed by atoms with E-state index in [1.165, 1.54) is 0 Å². The van der Waals surface area contributed by atoms with Gasteiger partial charge in [-0.05, 0) is 6.42 Å². The van der Waals surface area contributed by atoms with Crippen LogP contribution >= 0.6 is 0 Å². The number of amides is 1. The predicted molar refractivity (Wildman–Crippen MR) is 110 cm³/mol. The van der Waals surface area contributed by atoms with Gasteiger partial charge in [0.05, 0.1) is 0 Å². The molecule has 6 nitrogen and oxygen atoms in total. The second-order valence-corrected chi connectivity index (χ2v) is 6.89. The molecule has 28 heavy (non-hydrogen) atoms. The number of benzene rings is 2. The molecular weight excluding hydrogens is 350 g/mol. The van der Waals surface area contributed by atoms with Crippen LogP contribution in [0.2, 0.25) is 0 Å². The van der Waals surface area contributed by atoms with E-state index in [4.69, 9.17) is 4.98 Å². The van der Waals surface area contributed by atoms with Crippen LogP contribution in [0.4, 0.5) is 5.95 Å². The lowest BCUT2D eigenvalue weighted by atomic mass is 10.0. The second kappa shape index (κ2) is 8.17. The van der Waals surface area contributed by atoms with Crippen LogP contribution in [0.25, 0.3) is 22.5 Å². The molecule has 1 aromatic heterocycles. The smallest absolute Gasteiger partial charge is 0.246 e. The largest absolute Gasteiger partial charge is 0.341 e. The zero-order chi connectivity index (χ0) is 19.3. The molecule has 0 N–H and O–H groups in total. The fourth-order valence-corrected chi connectivity index (χ4v) is 3.47. The molecule has 2 aromatic carbocycles. The SMILES string of the molecule is CC(=O)N1CCCN(c2nnc(-c3ccccc3)c(-c3ccccc3)n2)CC1. The third kappa shape index (κ3) is 3.86. The molecule has 0 aliphatic carbocycles. The van der Waals surface area contributed by atoms with E-state index >= 15 is 0 Å². The first kappa shape index (κ1) is 18.1. The van der Waals surface area contributed by atoms with Crippen molar-refractivity contribution in [2.75, 3.05) is 31.1 Å². The normalized spacial score (nSPS) is 14.6. The highest BCUT2D eigenvalue weighted by molar-refractivity contribution is 5.78. The summed E-state index contributed by atoms with van der Waals surface area (Å²) in [6.07, 6.45) is 0.893. The Bertz CT molecular complexity index is 946. The summed E-state index contributed by atoms with van der Waals surface area (Å²) in [5, 5.41) is 8.99. The van der Waals surface area contributed by atoms with E-state index < -0.39 is 0 Å². The van der Waals surface area contributed by atoms with Crippen LogP contribution in [0.3, 0.4) is 0 Å². The topological polar surface area (TPSA) is 62.2 Å². The number of carbonyl (C=O) groups is 1. The van der Waals surface area contributed by atoms with E-state index in [0.717, 1.165) is 42.0 Å². The Hall–Kier alpha value is -3.28. The van der Waals surface area contributed by atoms with Gasteiger partial charge in [0.1, 0.15) is 11.4 Å². The van der Waals surface area contributed by atoms with Gasteiger partial charge in [-0.15, -0.1) is 10.2 Å². The third-order valence-electron chi connectivity index (χ3n) is 4.99. The average molecular weight is 373 g/mol. The third-order valence-corrected chi connectivity index (χ3v) is 4.99. The lowest BCUT2D eigenvalue weighted by molar-refractivity contribution is -0.128. The molecule has 0 spiro atoms. The summed E-state index contributed by atoms with van der Waals surface area (Å²) in [6.45, 7) is 4.59. The van der Waals surface area contributed by atoms with E-state index in [-0.39, 0.29) is 5.91 Å². The van der Waals surface area contributed by atoms with E-state index in [0.29, 0.717) is 19.0 Å². The maximum Gasteiger partial charge on any atom is 0.246 e. The number of hydrogen-bond donors (Lipinski definition) is 0. The standard InChI is InChI=1S/C22H23N5O/c1-17(28)26-13-8-14-27(16-15-26)22-23-20(18-9-4-2-5-10-18)21(24-25-22)19-11-6-3-7-12-19/h2-7,9-12H,8,13-16H2,1H3. The van der Waals surface area contributed by atoms with E-state index in [1.54, 1.807) is 6.92 Å². The van der Waals surface area contributed by atoms with Crippen molar-refractivity contribution in [3.05, 3.63) is 60.7 Å². The summed E-state index contributed by atoms with van der Waals surface area (Å²) >= 11 is 0. The predicted octanol–water partition coefficient (Wildman–Crippen LogP) is 3.26. The molecule has 1 amide bonds. The number of nitrogens with zero attached hydrogens (tertiary/aromatic N) is 5. The first-order valence-electron chi connectivity index (χ1n) is 9.58. The molecule has 4 rings (SSSR count). The van der Waals surface area contributed by atoms with Gasteiger partial charge in [0.25, 0.3) is 0 Å². The lowest BCUT2D eigenvalue weighted by Gasteiger charge is -2.21. The highest BCUT2D eigenvalue weighted by atomic mass is 16.2. The Morgan fingerprint density at radius 3 is 2.07 bits per heavy atom. The quantitative estimate of drug-likeness (QED) is 0.705. The summed E-state index contributed by atoms with van der Waals surface area (Å²) in [5.74, 6) is 0.731. The Kier molecular flexibility index (Phi) is 5.28. The van der Waals surface area contributed by atoms with Crippen LogP contribution < -0.4 is 4.90 Å². The fourth-order valence-electron chi connectivity index (χ4n) is 3.47. The van der Waals surface area contributed by atoms with Crippen molar-refractivity contribution in [1.29, 1.82) is 0 Å². The van der Waals surface area contributed by atoms with Crippen LogP contribution in [-0.4, -0.2) is 52.2 Å². The molecule has 3 aromatic rings. The Morgan fingerprint density at radius 2 is 1.43 bits per heavy atom. The van der Waals surface area contributed by atoms with Crippen LogP contribution in [0, 0.1) is 0 Å². The van der Waals surface area contributed by atoms with Crippen LogP contribution in [0.15, 0.2) is 60.7 Å². The molecule has 1 aliphatic rings. The van der Waals surface area contributed by atoms with Crippen molar-refractivity contribution < 1.29 is 4.79 Å². The number of carbonyl (C=O) groups excluding carboxylic acids is 1. The van der Waals surface area contributed by atoms with E-state index in [2.05, 4.69) is 15.1 Å². The minimum atomic E-state index is 0.116. The van der Waals surface area contributed by atoms with Crippen LogP contribution in [0.5, 0.6) is 0 Å². The molecule has 1 aliphatic heterocycles. The summed E-state index contributed by atoms with van der Waals surface area (Å²) in [4.78, 5) is 20.6. The minimum absolute atomic E-state index is 0.116. The summed E-state index contributed by atoms with van der Waals surface area (Å²) in [7, 11) is 0. The van der Waals surface area contributed by atoms with Gasteiger partial charge < -0.3 is 9.80 Å². The monoisotopic (exact) mass is 373 g/mol. The minimum Gasteiger partial charge on any atom is -0.341 e. The summed E-state index contributed by atoms with van der Waals surface area (Å²) in [5.41, 5.74) is 3.60. The Balaban J connectivity index is 1.71. The zero-order valence-corrected chi connectivity index (χ0v) is 16.0. The maximum atomic E-state index is 11.7. The molecule has 1 fully saturated rings. The molecule has 2 heterocycles. The van der Waals surface area contributed by atoms with Gasteiger partial charge in [-0.3, -0.25) is 4.79 Å². The van der Waals surface area contributed by atoms with Crippen molar-refractivity contribution in [3.63, 3.8) is 0 Å². The molecule has 0 bridgehead atoms. The zero-order valence-electron chi connectivity index (χ0n) is 16.0. The van der Waals surface area contributed by atoms with Crippen molar-refractivity contribution in [2.24, 2.45) is 0 Å². The Morgan fingerprint density at radius 1 is 0.786 bits per heavy atom. The highest BCUT2D eigenvalue weighted by Crippen LogP contribution is 2.29. The molecule has 0 unspecified atom stereocenters. The fraction of sp³-hybridized carbons (Fsp3) is 0.273. The molecule has 0 saturated carbocycles. The average Bonchev–Trinajstić information content (AvgIpc) is 3.01. The van der Waals surface area contributed by atoms with E-state index in [1.807, 2.05) is 65.6 Å². The molecule has 1 saturated heterocycles. The second-order valence-electron chi connectivity index (χ2n) is 6.89. The van der Waals surface area contributed by atoms with Gasteiger partial charge in [0.2, 0.25) is 11.9 Å². The highest BCUT2D eigenvalue weighted by Gasteiger charge is 2.21. The molecule has 0 radical (unpaired) electrons. The molecular formula is C22H23N5O. The van der Waals surface area contributed by atoms with Gasteiger partial charge >= 0.3 is 0 Å². The van der Waals surface area contributed by atoms with Gasteiger partial charge in [-0.1, -0.05) is 60.7 Å². The van der Waals surface area contributed by atoms with Gasteiger partial charge in [-0.25, -0.2) is 4.98 Å². The maximum absolute atomic E-state index is 11.7. The molecule has 0 atom stereocenters. The molecule has 6 heteroatoms. The first-order valence-corrected chi connectivity index (χ1v) is 9.58. The summed E-state index contributed by atoms with van der Waals surface area (Å²) < 4.78 is 0. The number of aromatic nitrogens is 3. The summed E-state index contributed by atoms with van der Waals surface area (Å²) in [6, 6.07) is 20.1.